The highest BCUT2D eigenvalue weighted by atomic mass is 16.6. The van der Waals surface area contributed by atoms with E-state index < -0.39 is 4.92 Å². The summed E-state index contributed by atoms with van der Waals surface area (Å²) in [5.74, 6) is -0.348. The summed E-state index contributed by atoms with van der Waals surface area (Å²) in [6, 6.07) is 5.94. The largest absolute Gasteiger partial charge is 0.306 e. The van der Waals surface area contributed by atoms with E-state index in [0.717, 1.165) is 0 Å². The number of ketones is 1. The molecule has 0 radical (unpaired) electrons. The van der Waals surface area contributed by atoms with E-state index in [1.54, 1.807) is 18.2 Å². The van der Waals surface area contributed by atoms with Crippen LogP contribution in [0.5, 0.6) is 0 Å². The number of hydrogen-bond acceptors (Lipinski definition) is 4. The van der Waals surface area contributed by atoms with Gasteiger partial charge in [-0.3, -0.25) is 14.9 Å². The van der Waals surface area contributed by atoms with Crippen molar-refractivity contribution in [1.82, 2.24) is 4.90 Å². The van der Waals surface area contributed by atoms with Crippen molar-refractivity contribution in [1.29, 1.82) is 0 Å². The SMILES string of the molecule is CN(C)C/C=C/C(=O)c1ccccc1[N+](=O)[O-]. The molecule has 0 aliphatic heterocycles. The first kappa shape index (κ1) is 13.1. The van der Waals surface area contributed by atoms with E-state index in [1.807, 2.05) is 19.0 Å². The van der Waals surface area contributed by atoms with Crippen LogP contribution in [0.15, 0.2) is 36.4 Å². The molecular formula is C12H14N2O3. The van der Waals surface area contributed by atoms with E-state index >= 15 is 0 Å². The molecule has 0 bridgehead atoms. The molecule has 0 aliphatic rings. The Morgan fingerprint density at radius 1 is 1.41 bits per heavy atom. The molecule has 17 heavy (non-hydrogen) atoms. The fourth-order valence-corrected chi connectivity index (χ4v) is 1.30. The Labute approximate surface area is 99.5 Å². The summed E-state index contributed by atoms with van der Waals surface area (Å²) in [5.41, 5.74) is -0.0421. The van der Waals surface area contributed by atoms with E-state index in [0.29, 0.717) is 6.54 Å². The lowest BCUT2D eigenvalue weighted by atomic mass is 10.1. The third-order valence-electron chi connectivity index (χ3n) is 2.11. The van der Waals surface area contributed by atoms with Crippen molar-refractivity contribution in [2.45, 2.75) is 0 Å². The zero-order valence-corrected chi connectivity index (χ0v) is 9.79. The van der Waals surface area contributed by atoms with Crippen molar-refractivity contribution in [3.63, 3.8) is 0 Å². The molecule has 1 aromatic carbocycles. The van der Waals surface area contributed by atoms with Crippen LogP contribution < -0.4 is 0 Å². The van der Waals surface area contributed by atoms with Crippen molar-refractivity contribution in [3.8, 4) is 0 Å². The molecule has 0 spiro atoms. The Bertz CT molecular complexity index is 453. The Morgan fingerprint density at radius 2 is 2.06 bits per heavy atom. The van der Waals surface area contributed by atoms with Crippen LogP contribution in [0.4, 0.5) is 5.69 Å². The summed E-state index contributed by atoms with van der Waals surface area (Å²) in [5, 5.41) is 10.7. The first-order chi connectivity index (χ1) is 8.02. The second-order valence-electron chi connectivity index (χ2n) is 3.80. The molecule has 0 atom stereocenters. The normalized spacial score (nSPS) is 11.0. The molecule has 0 aromatic heterocycles. The average molecular weight is 234 g/mol. The van der Waals surface area contributed by atoms with Crippen LogP contribution in [-0.2, 0) is 0 Å². The number of benzene rings is 1. The Morgan fingerprint density at radius 3 is 2.65 bits per heavy atom. The van der Waals surface area contributed by atoms with Gasteiger partial charge >= 0.3 is 0 Å². The number of carbonyl (C=O) groups is 1. The molecule has 0 amide bonds. The minimum atomic E-state index is -0.549. The number of nitrogens with zero attached hydrogens (tertiary/aromatic N) is 2. The quantitative estimate of drug-likeness (QED) is 0.338. The molecule has 0 saturated heterocycles. The molecule has 5 heteroatoms. The van der Waals surface area contributed by atoms with E-state index in [1.165, 1.54) is 18.2 Å². The number of allylic oxidation sites excluding steroid dienone is 1. The van der Waals surface area contributed by atoms with Gasteiger partial charge in [0.1, 0.15) is 0 Å². The molecule has 1 aromatic rings. The molecular weight excluding hydrogens is 220 g/mol. The van der Waals surface area contributed by atoms with Crippen molar-refractivity contribution in [3.05, 3.63) is 52.1 Å². The summed E-state index contributed by atoms with van der Waals surface area (Å²) >= 11 is 0. The number of nitro benzene ring substituents is 1. The van der Waals surface area contributed by atoms with Crippen molar-refractivity contribution < 1.29 is 9.72 Å². The molecule has 5 nitrogen and oxygen atoms in total. The van der Waals surface area contributed by atoms with Gasteiger partial charge in [0.2, 0.25) is 0 Å². The molecule has 0 saturated carbocycles. The molecule has 0 heterocycles. The second kappa shape index (κ2) is 5.91. The van der Waals surface area contributed by atoms with Gasteiger partial charge in [-0.1, -0.05) is 18.2 Å². The van der Waals surface area contributed by atoms with Crippen LogP contribution >= 0.6 is 0 Å². The van der Waals surface area contributed by atoms with Gasteiger partial charge in [0.05, 0.1) is 10.5 Å². The second-order valence-corrected chi connectivity index (χ2v) is 3.80. The fourth-order valence-electron chi connectivity index (χ4n) is 1.30. The van der Waals surface area contributed by atoms with Crippen LogP contribution in [-0.4, -0.2) is 36.2 Å². The molecule has 0 fully saturated rings. The minimum Gasteiger partial charge on any atom is -0.306 e. The third-order valence-corrected chi connectivity index (χ3v) is 2.11. The number of para-hydroxylation sites is 1. The van der Waals surface area contributed by atoms with Crippen molar-refractivity contribution >= 4 is 11.5 Å². The summed E-state index contributed by atoms with van der Waals surface area (Å²) in [4.78, 5) is 23.8. The van der Waals surface area contributed by atoms with Gasteiger partial charge < -0.3 is 4.90 Å². The number of likely N-dealkylation sites (N-methyl/N-ethyl adjacent to an activating group) is 1. The van der Waals surface area contributed by atoms with Gasteiger partial charge in [-0.2, -0.15) is 0 Å². The third kappa shape index (κ3) is 3.81. The van der Waals surface area contributed by atoms with Gasteiger partial charge in [0, 0.05) is 12.6 Å². The van der Waals surface area contributed by atoms with E-state index in [2.05, 4.69) is 0 Å². The Balaban J connectivity index is 2.89. The van der Waals surface area contributed by atoms with Crippen LogP contribution in [0.25, 0.3) is 0 Å². The lowest BCUT2D eigenvalue weighted by Crippen LogP contribution is -2.11. The van der Waals surface area contributed by atoms with Gasteiger partial charge in [0.15, 0.2) is 5.78 Å². The lowest BCUT2D eigenvalue weighted by molar-refractivity contribution is -0.385. The lowest BCUT2D eigenvalue weighted by Gasteiger charge is -2.03. The van der Waals surface area contributed by atoms with Crippen molar-refractivity contribution in [2.75, 3.05) is 20.6 Å². The summed E-state index contributed by atoms with van der Waals surface area (Å²) in [6.07, 6.45) is 3.04. The van der Waals surface area contributed by atoms with E-state index in [4.69, 9.17) is 0 Å². The van der Waals surface area contributed by atoms with Crippen LogP contribution in [0.1, 0.15) is 10.4 Å². The summed E-state index contributed by atoms with van der Waals surface area (Å²) in [6.45, 7) is 0.617. The average Bonchev–Trinajstić information content (AvgIpc) is 2.28. The zero-order valence-electron chi connectivity index (χ0n) is 9.79. The van der Waals surface area contributed by atoms with Gasteiger partial charge in [-0.25, -0.2) is 0 Å². The summed E-state index contributed by atoms with van der Waals surface area (Å²) < 4.78 is 0. The van der Waals surface area contributed by atoms with Gasteiger partial charge in [0.25, 0.3) is 5.69 Å². The standard InChI is InChI=1S/C12H14N2O3/c1-13(2)9-5-8-12(15)10-6-3-4-7-11(10)14(16)17/h3-8H,9H2,1-2H3/b8-5+. The first-order valence-electron chi connectivity index (χ1n) is 5.11. The highest BCUT2D eigenvalue weighted by molar-refractivity contribution is 6.07. The number of hydrogen-bond donors (Lipinski definition) is 0. The van der Waals surface area contributed by atoms with Gasteiger partial charge in [-0.05, 0) is 26.2 Å². The number of rotatable bonds is 5. The smallest absolute Gasteiger partial charge is 0.280 e. The Kier molecular flexibility index (Phi) is 4.54. The number of nitro groups is 1. The van der Waals surface area contributed by atoms with Crippen LogP contribution in [0, 0.1) is 10.1 Å². The highest BCUT2D eigenvalue weighted by Crippen LogP contribution is 2.18. The summed E-state index contributed by atoms with van der Waals surface area (Å²) in [7, 11) is 3.75. The molecule has 0 unspecified atom stereocenters. The Hall–Kier alpha value is -2.01. The maximum Gasteiger partial charge on any atom is 0.280 e. The topological polar surface area (TPSA) is 63.5 Å². The van der Waals surface area contributed by atoms with Crippen LogP contribution in [0.3, 0.4) is 0 Å². The molecule has 0 aliphatic carbocycles. The molecule has 0 N–H and O–H groups in total. The predicted octanol–water partition coefficient (Wildman–Crippen LogP) is 1.90. The van der Waals surface area contributed by atoms with Crippen LogP contribution in [0.2, 0.25) is 0 Å². The van der Waals surface area contributed by atoms with E-state index in [9.17, 15) is 14.9 Å². The monoisotopic (exact) mass is 234 g/mol. The predicted molar refractivity (Wildman–Crippen MR) is 65.1 cm³/mol. The maximum absolute atomic E-state index is 11.7. The maximum atomic E-state index is 11.7. The number of carbonyl (C=O) groups excluding carboxylic acids is 1. The van der Waals surface area contributed by atoms with Gasteiger partial charge in [-0.15, -0.1) is 0 Å². The van der Waals surface area contributed by atoms with Crippen molar-refractivity contribution in [2.24, 2.45) is 0 Å². The first-order valence-corrected chi connectivity index (χ1v) is 5.11. The minimum absolute atomic E-state index is 0.118. The van der Waals surface area contributed by atoms with E-state index in [-0.39, 0.29) is 17.0 Å². The highest BCUT2D eigenvalue weighted by Gasteiger charge is 2.16. The molecule has 90 valence electrons. The molecule has 1 rings (SSSR count). The zero-order chi connectivity index (χ0) is 12.8. The fraction of sp³-hybridized carbons (Fsp3) is 0.250.